The first-order chi connectivity index (χ1) is 28.0. The van der Waals surface area contributed by atoms with Gasteiger partial charge in [-0.3, -0.25) is 14.4 Å². The number of fused-ring (bicyclic) bond motifs is 3. The average Bonchev–Trinajstić information content (AvgIpc) is 3.24. The minimum absolute atomic E-state index is 0. The van der Waals surface area contributed by atoms with Crippen LogP contribution in [-0.4, -0.2) is 33.2 Å². The van der Waals surface area contributed by atoms with Crippen LogP contribution >= 0.6 is 0 Å². The van der Waals surface area contributed by atoms with E-state index in [1.807, 2.05) is 128 Å². The summed E-state index contributed by atoms with van der Waals surface area (Å²) in [6.07, 6.45) is 2.25. The van der Waals surface area contributed by atoms with Gasteiger partial charge >= 0.3 is 17.9 Å². The van der Waals surface area contributed by atoms with Crippen LogP contribution in [0.1, 0.15) is 136 Å². The van der Waals surface area contributed by atoms with Crippen molar-refractivity contribution in [3.8, 4) is 17.2 Å². The Hall–Kier alpha value is -6.09. The molecule has 3 N–H and O–H groups in total. The average molecular weight is 899 g/mol. The van der Waals surface area contributed by atoms with Gasteiger partial charge in [-0.25, -0.2) is 0 Å². The molecule has 0 radical (unpaired) electrons. The molecule has 1 unspecified atom stereocenters. The van der Waals surface area contributed by atoms with E-state index in [1.165, 1.54) is 0 Å². The summed E-state index contributed by atoms with van der Waals surface area (Å²) in [5.41, 5.74) is 1.78. The lowest BCUT2D eigenvalue weighted by atomic mass is 9.91. The number of benzene rings is 6. The second-order valence-electron chi connectivity index (χ2n) is 15.9. The summed E-state index contributed by atoms with van der Waals surface area (Å²) in [6, 6.07) is 32.9. The van der Waals surface area contributed by atoms with Crippen LogP contribution in [0.3, 0.4) is 0 Å². The summed E-state index contributed by atoms with van der Waals surface area (Å²) < 4.78 is 16.1. The number of ether oxygens (including phenoxy) is 3. The van der Waals surface area contributed by atoms with Crippen LogP contribution in [0.25, 0.3) is 32.3 Å². The first kappa shape index (κ1) is 63.2. The van der Waals surface area contributed by atoms with Crippen molar-refractivity contribution < 1.29 is 43.9 Å². The number of rotatable bonds is 12. The minimum Gasteiger partial charge on any atom is -0.507 e. The summed E-state index contributed by atoms with van der Waals surface area (Å²) in [6.45, 7) is 16.0. The van der Waals surface area contributed by atoms with Gasteiger partial charge in [-0.2, -0.15) is 0 Å². The molecule has 0 fully saturated rings. The van der Waals surface area contributed by atoms with E-state index in [0.717, 1.165) is 68.3 Å². The molecule has 0 saturated heterocycles. The minimum atomic E-state index is -0.466. The molecule has 0 aliphatic carbocycles. The largest absolute Gasteiger partial charge is 0.507 e. The maximum Gasteiger partial charge on any atom is 0.311 e. The van der Waals surface area contributed by atoms with Gasteiger partial charge in [0.05, 0.1) is 16.7 Å². The Morgan fingerprint density at radius 2 is 0.754 bits per heavy atom. The summed E-state index contributed by atoms with van der Waals surface area (Å²) in [7, 11) is 0. The zero-order valence-corrected chi connectivity index (χ0v) is 35.5. The Kier molecular flexibility index (Phi) is 27.9. The standard InChI is InChI=1S/2C17H20O3.C16H18O3.6CH4/c1-4-17(2,3)16(19)20-11-12-7-5-9-14-13(12)8-6-10-15(14)18;1-4-17(2,3)16(19)20-11-12-9-10-15(18)14-8-6-5-7-13(12)14;1-3-11(2)16(18)19-10-12-6-4-8-14-13(12)7-5-9-15(14)17;;;;;;/h2*5-10,18H,4,11H2,1-3H3;4-9,11,17H,3,10H2,1-2H3;6*1H4. The Balaban J connectivity index is -0.000000848. The second kappa shape index (κ2) is 28.7. The fraction of sp³-hybridized carbons (Fsp3) is 0.411. The molecule has 6 rings (SSSR count). The number of carbonyl (C=O) groups is 3. The molecule has 9 heteroatoms. The molecule has 6 aromatic rings. The number of hydrogen-bond acceptors (Lipinski definition) is 9. The van der Waals surface area contributed by atoms with E-state index in [2.05, 4.69) is 0 Å². The number of aromatic hydroxyl groups is 3. The van der Waals surface area contributed by atoms with Crippen LogP contribution in [0.4, 0.5) is 0 Å². The smallest absolute Gasteiger partial charge is 0.311 e. The Morgan fingerprint density at radius 3 is 1.14 bits per heavy atom. The van der Waals surface area contributed by atoms with Crippen molar-refractivity contribution >= 4 is 50.2 Å². The van der Waals surface area contributed by atoms with Crippen LogP contribution in [-0.2, 0) is 48.4 Å². The maximum absolute atomic E-state index is 12.0. The first-order valence-electron chi connectivity index (χ1n) is 20.1. The van der Waals surface area contributed by atoms with E-state index in [4.69, 9.17) is 14.2 Å². The highest BCUT2D eigenvalue weighted by molar-refractivity contribution is 5.92. The van der Waals surface area contributed by atoms with E-state index in [0.29, 0.717) is 0 Å². The highest BCUT2D eigenvalue weighted by atomic mass is 16.5. The molecular weight excluding hydrogens is 817 g/mol. The number of hydrogen-bond donors (Lipinski definition) is 3. The lowest BCUT2D eigenvalue weighted by Crippen LogP contribution is -2.25. The zero-order chi connectivity index (χ0) is 43.3. The van der Waals surface area contributed by atoms with Crippen molar-refractivity contribution in [1.29, 1.82) is 0 Å². The Bertz CT molecular complexity index is 2310. The lowest BCUT2D eigenvalue weighted by molar-refractivity contribution is -0.156. The second-order valence-corrected chi connectivity index (χ2v) is 15.9. The molecule has 0 saturated carbocycles. The summed E-state index contributed by atoms with van der Waals surface area (Å²) in [4.78, 5) is 35.7. The predicted molar refractivity (Wildman–Crippen MR) is 274 cm³/mol. The van der Waals surface area contributed by atoms with Gasteiger partial charge in [-0.15, -0.1) is 0 Å². The fourth-order valence-electron chi connectivity index (χ4n) is 5.86. The van der Waals surface area contributed by atoms with Gasteiger partial charge in [-0.1, -0.05) is 163 Å². The molecule has 1 atom stereocenters. The SMILES string of the molecule is C.C.C.C.C.C.CCC(C)(C)C(=O)OCc1ccc(O)c2ccccc12.CCC(C)(C)C(=O)OCc1cccc2c(O)cccc12.CCC(C)C(=O)OCc1cccc2c(O)cccc12. The summed E-state index contributed by atoms with van der Waals surface area (Å²) in [5.74, 6) is 0.0686. The number of carbonyl (C=O) groups excluding carboxylic acids is 3. The monoisotopic (exact) mass is 899 g/mol. The number of esters is 3. The molecule has 0 heterocycles. The molecule has 9 nitrogen and oxygen atoms in total. The third-order valence-electron chi connectivity index (χ3n) is 10.9. The van der Waals surface area contributed by atoms with Gasteiger partial charge in [0, 0.05) is 16.2 Å². The van der Waals surface area contributed by atoms with Crippen LogP contribution in [0.5, 0.6) is 17.2 Å². The molecule has 0 aliphatic rings. The Labute approximate surface area is 391 Å². The number of phenols is 3. The van der Waals surface area contributed by atoms with Gasteiger partial charge in [0.2, 0.25) is 0 Å². The van der Waals surface area contributed by atoms with E-state index < -0.39 is 10.8 Å². The van der Waals surface area contributed by atoms with E-state index in [9.17, 15) is 29.7 Å². The van der Waals surface area contributed by atoms with E-state index in [-0.39, 0.29) is 105 Å². The third-order valence-corrected chi connectivity index (χ3v) is 10.9. The molecule has 0 amide bonds. The predicted octanol–water partition coefficient (Wildman–Crippen LogP) is 15.5. The zero-order valence-electron chi connectivity index (χ0n) is 35.5. The highest BCUT2D eigenvalue weighted by Gasteiger charge is 2.28. The summed E-state index contributed by atoms with van der Waals surface area (Å²) >= 11 is 0. The molecule has 6 aromatic carbocycles. The van der Waals surface area contributed by atoms with Gasteiger partial charge in [0.25, 0.3) is 0 Å². The molecule has 0 spiro atoms. The molecule has 360 valence electrons. The van der Waals surface area contributed by atoms with Crippen LogP contribution < -0.4 is 0 Å². The van der Waals surface area contributed by atoms with Gasteiger partial charge in [0.1, 0.15) is 37.1 Å². The molecule has 0 aliphatic heterocycles. The summed E-state index contributed by atoms with van der Waals surface area (Å²) in [5, 5.41) is 34.5. The normalized spacial score (nSPS) is 10.7. The van der Waals surface area contributed by atoms with Crippen molar-refractivity contribution in [3.63, 3.8) is 0 Å². The van der Waals surface area contributed by atoms with Gasteiger partial charge in [-0.05, 0) is 98.0 Å². The van der Waals surface area contributed by atoms with Gasteiger partial charge in [0.15, 0.2) is 0 Å². The van der Waals surface area contributed by atoms with Crippen molar-refractivity contribution in [2.45, 2.75) is 139 Å². The van der Waals surface area contributed by atoms with Crippen molar-refractivity contribution in [3.05, 3.63) is 126 Å². The van der Waals surface area contributed by atoms with E-state index in [1.54, 1.807) is 36.4 Å². The molecule has 0 aromatic heterocycles. The highest BCUT2D eigenvalue weighted by Crippen LogP contribution is 2.31. The number of phenolic OH excluding ortho intramolecular Hbond substituents is 3. The van der Waals surface area contributed by atoms with E-state index >= 15 is 0 Å². The topological polar surface area (TPSA) is 140 Å². The van der Waals surface area contributed by atoms with Gasteiger partial charge < -0.3 is 29.5 Å². The van der Waals surface area contributed by atoms with Crippen molar-refractivity contribution in [2.75, 3.05) is 0 Å². The molecule has 0 bridgehead atoms. The van der Waals surface area contributed by atoms with Crippen molar-refractivity contribution in [1.82, 2.24) is 0 Å². The first-order valence-corrected chi connectivity index (χ1v) is 20.1. The third kappa shape index (κ3) is 16.4. The van der Waals surface area contributed by atoms with Crippen LogP contribution in [0.2, 0.25) is 0 Å². The Morgan fingerprint density at radius 1 is 0.446 bits per heavy atom. The molecular formula is C56H82O9. The fourth-order valence-corrected chi connectivity index (χ4v) is 5.86. The quantitative estimate of drug-likeness (QED) is 0.0809. The lowest BCUT2D eigenvalue weighted by Gasteiger charge is -2.20. The van der Waals surface area contributed by atoms with Crippen molar-refractivity contribution in [2.24, 2.45) is 16.7 Å². The van der Waals surface area contributed by atoms with Crippen LogP contribution in [0, 0.1) is 16.7 Å². The molecule has 65 heavy (non-hydrogen) atoms. The maximum atomic E-state index is 12.0. The van der Waals surface area contributed by atoms with Crippen LogP contribution in [0.15, 0.2) is 109 Å².